The molecule has 0 unspecified atom stereocenters. The SMILES string of the molecule is C[C@@H](NCc1ccsc1C(=O)O)c1ccccn1. The lowest BCUT2D eigenvalue weighted by molar-refractivity contribution is 0.0701. The van der Waals surface area contributed by atoms with E-state index in [1.807, 2.05) is 31.2 Å². The summed E-state index contributed by atoms with van der Waals surface area (Å²) in [6.07, 6.45) is 1.75. The number of nitrogens with one attached hydrogen (secondary N) is 1. The van der Waals surface area contributed by atoms with Crippen LogP contribution in [0.25, 0.3) is 0 Å². The van der Waals surface area contributed by atoms with E-state index in [2.05, 4.69) is 10.3 Å². The van der Waals surface area contributed by atoms with E-state index in [0.717, 1.165) is 11.3 Å². The van der Waals surface area contributed by atoms with Gasteiger partial charge in [0.2, 0.25) is 0 Å². The predicted octanol–water partition coefficient (Wildman–Crippen LogP) is 2.69. The Morgan fingerprint density at radius 1 is 1.50 bits per heavy atom. The fourth-order valence-electron chi connectivity index (χ4n) is 1.66. The molecule has 0 amide bonds. The molecule has 0 radical (unpaired) electrons. The van der Waals surface area contributed by atoms with E-state index in [-0.39, 0.29) is 6.04 Å². The lowest BCUT2D eigenvalue weighted by atomic mass is 10.2. The van der Waals surface area contributed by atoms with Crippen LogP contribution in [0.1, 0.15) is 33.9 Å². The van der Waals surface area contributed by atoms with Gasteiger partial charge in [-0.1, -0.05) is 6.07 Å². The first-order valence-corrected chi connectivity index (χ1v) is 6.50. The number of carboxylic acids is 1. The molecule has 0 saturated carbocycles. The standard InChI is InChI=1S/C13H14N2O2S/c1-9(11-4-2-3-6-14-11)15-8-10-5-7-18-12(10)13(16)17/h2-7,9,15H,8H2,1H3,(H,16,17)/t9-/m1/s1. The molecule has 94 valence electrons. The highest BCUT2D eigenvalue weighted by Crippen LogP contribution is 2.18. The normalized spacial score (nSPS) is 12.3. The second kappa shape index (κ2) is 5.75. The van der Waals surface area contributed by atoms with Gasteiger partial charge in [0.05, 0.1) is 5.69 Å². The maximum Gasteiger partial charge on any atom is 0.346 e. The van der Waals surface area contributed by atoms with Crippen molar-refractivity contribution in [2.45, 2.75) is 19.5 Å². The van der Waals surface area contributed by atoms with E-state index in [1.165, 1.54) is 11.3 Å². The molecule has 18 heavy (non-hydrogen) atoms. The Kier molecular flexibility index (Phi) is 4.07. The third-order valence-corrected chi connectivity index (χ3v) is 3.62. The van der Waals surface area contributed by atoms with Crippen LogP contribution < -0.4 is 5.32 Å². The summed E-state index contributed by atoms with van der Waals surface area (Å²) in [4.78, 5) is 15.6. The Hall–Kier alpha value is -1.72. The minimum absolute atomic E-state index is 0.0905. The average Bonchev–Trinajstić information content (AvgIpc) is 2.85. The summed E-state index contributed by atoms with van der Waals surface area (Å²) < 4.78 is 0. The Balaban J connectivity index is 1.99. The Bertz CT molecular complexity index is 525. The van der Waals surface area contributed by atoms with Gasteiger partial charge in [0, 0.05) is 18.8 Å². The second-order valence-electron chi connectivity index (χ2n) is 3.94. The van der Waals surface area contributed by atoms with Crippen LogP contribution in [0.5, 0.6) is 0 Å². The number of aromatic carboxylic acids is 1. The zero-order chi connectivity index (χ0) is 13.0. The number of hydrogen-bond acceptors (Lipinski definition) is 4. The van der Waals surface area contributed by atoms with Gasteiger partial charge < -0.3 is 10.4 Å². The van der Waals surface area contributed by atoms with Crippen LogP contribution in [-0.2, 0) is 6.54 Å². The highest BCUT2D eigenvalue weighted by atomic mass is 32.1. The first kappa shape index (κ1) is 12.7. The molecular weight excluding hydrogens is 248 g/mol. The molecule has 0 aliphatic rings. The molecule has 1 atom stereocenters. The predicted molar refractivity (Wildman–Crippen MR) is 70.8 cm³/mol. The number of hydrogen-bond donors (Lipinski definition) is 2. The monoisotopic (exact) mass is 262 g/mol. The summed E-state index contributed by atoms with van der Waals surface area (Å²) in [5.41, 5.74) is 1.76. The molecule has 0 fully saturated rings. The topological polar surface area (TPSA) is 62.2 Å². The smallest absolute Gasteiger partial charge is 0.346 e. The van der Waals surface area contributed by atoms with Crippen LogP contribution in [0.4, 0.5) is 0 Å². The Labute approximate surface area is 109 Å². The molecule has 0 spiro atoms. The van der Waals surface area contributed by atoms with Crippen LogP contribution in [0.2, 0.25) is 0 Å². The number of carbonyl (C=O) groups is 1. The lowest BCUT2D eigenvalue weighted by Gasteiger charge is -2.12. The van der Waals surface area contributed by atoms with Crippen LogP contribution in [0.3, 0.4) is 0 Å². The first-order chi connectivity index (χ1) is 8.68. The highest BCUT2D eigenvalue weighted by Gasteiger charge is 2.12. The third kappa shape index (κ3) is 2.94. The fourth-order valence-corrected chi connectivity index (χ4v) is 2.42. The second-order valence-corrected chi connectivity index (χ2v) is 4.85. The van der Waals surface area contributed by atoms with Crippen LogP contribution in [0, 0.1) is 0 Å². The summed E-state index contributed by atoms with van der Waals surface area (Å²) in [5, 5.41) is 14.1. The maximum atomic E-state index is 11.0. The summed E-state index contributed by atoms with van der Waals surface area (Å²) in [6, 6.07) is 7.69. The molecule has 0 bridgehead atoms. The van der Waals surface area contributed by atoms with E-state index in [4.69, 9.17) is 5.11 Å². The van der Waals surface area contributed by atoms with E-state index < -0.39 is 5.97 Å². The maximum absolute atomic E-state index is 11.0. The van der Waals surface area contributed by atoms with E-state index in [0.29, 0.717) is 11.4 Å². The molecule has 2 heterocycles. The molecular formula is C13H14N2O2S. The van der Waals surface area contributed by atoms with Gasteiger partial charge in [-0.15, -0.1) is 11.3 Å². The molecule has 0 aliphatic carbocycles. The van der Waals surface area contributed by atoms with E-state index in [1.54, 1.807) is 11.6 Å². The van der Waals surface area contributed by atoms with Crippen LogP contribution in [0.15, 0.2) is 35.8 Å². The van der Waals surface area contributed by atoms with Gasteiger partial charge >= 0.3 is 5.97 Å². The van der Waals surface area contributed by atoms with Gasteiger partial charge in [0.15, 0.2) is 0 Å². The van der Waals surface area contributed by atoms with Crippen molar-refractivity contribution in [3.63, 3.8) is 0 Å². The number of thiophene rings is 1. The van der Waals surface area contributed by atoms with Crippen molar-refractivity contribution in [2.24, 2.45) is 0 Å². The van der Waals surface area contributed by atoms with Gasteiger partial charge in [0.25, 0.3) is 0 Å². The van der Waals surface area contributed by atoms with E-state index >= 15 is 0 Å². The minimum Gasteiger partial charge on any atom is -0.477 e. The minimum atomic E-state index is -0.868. The number of aromatic nitrogens is 1. The van der Waals surface area contributed by atoms with Crippen molar-refractivity contribution in [1.82, 2.24) is 10.3 Å². The molecule has 5 heteroatoms. The molecule has 0 aliphatic heterocycles. The summed E-state index contributed by atoms with van der Waals surface area (Å²) >= 11 is 1.25. The van der Waals surface area contributed by atoms with Gasteiger partial charge in [-0.05, 0) is 36.1 Å². The van der Waals surface area contributed by atoms with Crippen molar-refractivity contribution in [1.29, 1.82) is 0 Å². The summed E-state index contributed by atoms with van der Waals surface area (Å²) in [7, 11) is 0. The van der Waals surface area contributed by atoms with Gasteiger partial charge in [0.1, 0.15) is 4.88 Å². The van der Waals surface area contributed by atoms with Crippen molar-refractivity contribution in [3.8, 4) is 0 Å². The zero-order valence-electron chi connectivity index (χ0n) is 9.96. The van der Waals surface area contributed by atoms with Gasteiger partial charge in [-0.3, -0.25) is 4.98 Å². The molecule has 0 aromatic carbocycles. The Morgan fingerprint density at radius 2 is 2.33 bits per heavy atom. The fraction of sp³-hybridized carbons (Fsp3) is 0.231. The van der Waals surface area contributed by atoms with Crippen molar-refractivity contribution < 1.29 is 9.90 Å². The Morgan fingerprint density at radius 3 is 3.00 bits per heavy atom. The zero-order valence-corrected chi connectivity index (χ0v) is 10.8. The highest BCUT2D eigenvalue weighted by molar-refractivity contribution is 7.12. The molecule has 2 rings (SSSR count). The molecule has 2 N–H and O–H groups in total. The lowest BCUT2D eigenvalue weighted by Crippen LogP contribution is -2.19. The third-order valence-electron chi connectivity index (χ3n) is 2.67. The van der Waals surface area contributed by atoms with Gasteiger partial charge in [-0.25, -0.2) is 4.79 Å². The van der Waals surface area contributed by atoms with Crippen molar-refractivity contribution in [3.05, 3.63) is 52.0 Å². The van der Waals surface area contributed by atoms with Gasteiger partial charge in [-0.2, -0.15) is 0 Å². The summed E-state index contributed by atoms with van der Waals surface area (Å²) in [6.45, 7) is 2.54. The molecule has 4 nitrogen and oxygen atoms in total. The van der Waals surface area contributed by atoms with Crippen LogP contribution >= 0.6 is 11.3 Å². The molecule has 0 saturated heterocycles. The number of pyridine rings is 1. The van der Waals surface area contributed by atoms with Crippen molar-refractivity contribution >= 4 is 17.3 Å². The molecule has 2 aromatic heterocycles. The number of rotatable bonds is 5. The van der Waals surface area contributed by atoms with E-state index in [9.17, 15) is 4.79 Å². The average molecular weight is 262 g/mol. The van der Waals surface area contributed by atoms with Crippen molar-refractivity contribution in [2.75, 3.05) is 0 Å². The number of nitrogens with zero attached hydrogens (tertiary/aromatic N) is 1. The van der Waals surface area contributed by atoms with Crippen LogP contribution in [-0.4, -0.2) is 16.1 Å². The molecule has 2 aromatic rings. The quantitative estimate of drug-likeness (QED) is 0.869. The first-order valence-electron chi connectivity index (χ1n) is 5.62. The number of carboxylic acid groups (broad SMARTS) is 1. The largest absolute Gasteiger partial charge is 0.477 e. The summed E-state index contributed by atoms with van der Waals surface area (Å²) in [5.74, 6) is -0.868.